The largest absolute Gasteiger partial charge is 0.321 e. The summed E-state index contributed by atoms with van der Waals surface area (Å²) in [6.45, 7) is 4.44. The fraction of sp³-hybridized carbons (Fsp3) is 0.381. The second kappa shape index (κ2) is 7.48. The summed E-state index contributed by atoms with van der Waals surface area (Å²) in [5.74, 6) is -0.212. The van der Waals surface area contributed by atoms with Crippen LogP contribution < -0.4 is 5.32 Å². The molecule has 1 unspecified atom stereocenters. The standard InChI is InChI=1S/C21H25N5O/c1-15-5-3-4-12-26(15)13-16-6-8-17(9-7-16)23-21(27)19-11-10-18-20(24-19)25(2)14-22-18/h6-11,14-15H,3-5,12-13H2,1-2H3,(H,23,27). The molecule has 6 nitrogen and oxygen atoms in total. The van der Waals surface area contributed by atoms with E-state index in [9.17, 15) is 4.79 Å². The number of rotatable bonds is 4. The average Bonchev–Trinajstić information content (AvgIpc) is 3.05. The van der Waals surface area contributed by atoms with Crippen LogP contribution in [0.15, 0.2) is 42.7 Å². The fourth-order valence-electron chi connectivity index (χ4n) is 3.65. The molecule has 0 bridgehead atoms. The molecule has 27 heavy (non-hydrogen) atoms. The minimum Gasteiger partial charge on any atom is -0.321 e. The van der Waals surface area contributed by atoms with E-state index in [0.717, 1.165) is 17.7 Å². The summed E-state index contributed by atoms with van der Waals surface area (Å²) in [6, 6.07) is 12.3. The first-order valence-electron chi connectivity index (χ1n) is 9.52. The van der Waals surface area contributed by atoms with Gasteiger partial charge in [0.1, 0.15) is 11.2 Å². The number of benzene rings is 1. The number of imidazole rings is 1. The van der Waals surface area contributed by atoms with Gasteiger partial charge in [-0.25, -0.2) is 9.97 Å². The molecule has 140 valence electrons. The molecule has 0 radical (unpaired) electrons. The second-order valence-corrected chi connectivity index (χ2v) is 7.36. The molecule has 2 aromatic heterocycles. The molecule has 1 amide bonds. The summed E-state index contributed by atoms with van der Waals surface area (Å²) in [6.07, 6.45) is 5.59. The number of aryl methyl sites for hydroxylation is 1. The van der Waals surface area contributed by atoms with Gasteiger partial charge in [-0.1, -0.05) is 18.6 Å². The lowest BCUT2D eigenvalue weighted by molar-refractivity contribution is 0.102. The monoisotopic (exact) mass is 363 g/mol. The Hall–Kier alpha value is -2.73. The van der Waals surface area contributed by atoms with Crippen molar-refractivity contribution in [3.8, 4) is 0 Å². The van der Waals surface area contributed by atoms with Crippen LogP contribution >= 0.6 is 0 Å². The van der Waals surface area contributed by atoms with E-state index in [1.54, 1.807) is 12.4 Å². The Morgan fingerprint density at radius 3 is 2.78 bits per heavy atom. The first kappa shape index (κ1) is 17.7. The van der Waals surface area contributed by atoms with Gasteiger partial charge in [-0.3, -0.25) is 9.69 Å². The maximum atomic E-state index is 12.5. The highest BCUT2D eigenvalue weighted by Crippen LogP contribution is 2.20. The number of anilines is 1. The minimum absolute atomic E-state index is 0.212. The van der Waals surface area contributed by atoms with Crippen LogP contribution in [-0.2, 0) is 13.6 Å². The lowest BCUT2D eigenvalue weighted by Crippen LogP contribution is -2.36. The van der Waals surface area contributed by atoms with Crippen LogP contribution in [0.4, 0.5) is 5.69 Å². The average molecular weight is 363 g/mol. The lowest BCUT2D eigenvalue weighted by atomic mass is 10.0. The summed E-state index contributed by atoms with van der Waals surface area (Å²) in [5, 5.41) is 2.93. The van der Waals surface area contributed by atoms with E-state index in [4.69, 9.17) is 0 Å². The lowest BCUT2D eigenvalue weighted by Gasteiger charge is -2.33. The maximum absolute atomic E-state index is 12.5. The van der Waals surface area contributed by atoms with Gasteiger partial charge in [0.05, 0.1) is 6.33 Å². The predicted molar refractivity (Wildman–Crippen MR) is 107 cm³/mol. The number of aromatic nitrogens is 3. The number of carbonyl (C=O) groups is 1. The van der Waals surface area contributed by atoms with Gasteiger partial charge < -0.3 is 9.88 Å². The van der Waals surface area contributed by atoms with E-state index in [1.807, 2.05) is 29.8 Å². The first-order chi connectivity index (χ1) is 13.1. The van der Waals surface area contributed by atoms with Crippen molar-refractivity contribution in [2.45, 2.75) is 38.8 Å². The van der Waals surface area contributed by atoms with Crippen LogP contribution in [0.5, 0.6) is 0 Å². The SMILES string of the molecule is CC1CCCCN1Cc1ccc(NC(=O)c2ccc3ncn(C)c3n2)cc1. The van der Waals surface area contributed by atoms with Crippen molar-refractivity contribution < 1.29 is 4.79 Å². The minimum atomic E-state index is -0.212. The van der Waals surface area contributed by atoms with Crippen LogP contribution in [0.25, 0.3) is 11.2 Å². The van der Waals surface area contributed by atoms with Gasteiger partial charge in [-0.05, 0) is 56.1 Å². The molecule has 1 aliphatic rings. The van der Waals surface area contributed by atoms with E-state index in [-0.39, 0.29) is 5.91 Å². The maximum Gasteiger partial charge on any atom is 0.274 e. The zero-order chi connectivity index (χ0) is 18.8. The van der Waals surface area contributed by atoms with Crippen LogP contribution in [0.1, 0.15) is 42.2 Å². The molecule has 1 atom stereocenters. The highest BCUT2D eigenvalue weighted by atomic mass is 16.1. The molecule has 4 rings (SSSR count). The number of nitrogens with one attached hydrogen (secondary N) is 1. The van der Waals surface area contributed by atoms with Gasteiger partial charge in [0.25, 0.3) is 5.91 Å². The third-order valence-corrected chi connectivity index (χ3v) is 5.33. The predicted octanol–water partition coefficient (Wildman–Crippen LogP) is 3.60. The van der Waals surface area contributed by atoms with Crippen LogP contribution in [-0.4, -0.2) is 37.9 Å². The summed E-state index contributed by atoms with van der Waals surface area (Å²) >= 11 is 0. The molecule has 3 aromatic rings. The van der Waals surface area contributed by atoms with Crippen molar-refractivity contribution in [1.82, 2.24) is 19.4 Å². The van der Waals surface area contributed by atoms with Crippen molar-refractivity contribution in [2.24, 2.45) is 7.05 Å². The van der Waals surface area contributed by atoms with Crippen molar-refractivity contribution in [1.29, 1.82) is 0 Å². The van der Waals surface area contributed by atoms with Crippen molar-refractivity contribution in [3.05, 3.63) is 54.0 Å². The van der Waals surface area contributed by atoms with E-state index < -0.39 is 0 Å². The van der Waals surface area contributed by atoms with Gasteiger partial charge in [-0.2, -0.15) is 0 Å². The molecular formula is C21H25N5O. The van der Waals surface area contributed by atoms with Crippen molar-refractivity contribution in [3.63, 3.8) is 0 Å². The molecule has 0 spiro atoms. The van der Waals surface area contributed by atoms with Gasteiger partial charge in [0.2, 0.25) is 0 Å². The smallest absolute Gasteiger partial charge is 0.274 e. The number of hydrogen-bond donors (Lipinski definition) is 1. The number of carbonyl (C=O) groups excluding carboxylic acids is 1. The number of pyridine rings is 1. The third-order valence-electron chi connectivity index (χ3n) is 5.33. The van der Waals surface area contributed by atoms with Crippen LogP contribution in [0.3, 0.4) is 0 Å². The number of nitrogens with zero attached hydrogens (tertiary/aromatic N) is 4. The molecule has 1 saturated heterocycles. The van der Waals surface area contributed by atoms with Gasteiger partial charge in [-0.15, -0.1) is 0 Å². The number of amides is 1. The number of hydrogen-bond acceptors (Lipinski definition) is 4. The third kappa shape index (κ3) is 3.85. The molecule has 1 aliphatic heterocycles. The normalized spacial score (nSPS) is 17.9. The molecule has 3 heterocycles. The van der Waals surface area contributed by atoms with E-state index in [2.05, 4.69) is 39.2 Å². The van der Waals surface area contributed by atoms with E-state index in [1.165, 1.54) is 31.4 Å². The van der Waals surface area contributed by atoms with Crippen LogP contribution in [0, 0.1) is 0 Å². The van der Waals surface area contributed by atoms with Gasteiger partial charge in [0.15, 0.2) is 5.65 Å². The molecule has 0 aliphatic carbocycles. The number of fused-ring (bicyclic) bond motifs is 1. The van der Waals surface area contributed by atoms with E-state index in [0.29, 0.717) is 17.4 Å². The van der Waals surface area contributed by atoms with Crippen LogP contribution in [0.2, 0.25) is 0 Å². The highest BCUT2D eigenvalue weighted by Gasteiger charge is 2.18. The summed E-state index contributed by atoms with van der Waals surface area (Å²) < 4.78 is 1.81. The Morgan fingerprint density at radius 1 is 1.19 bits per heavy atom. The van der Waals surface area contributed by atoms with Crippen molar-refractivity contribution in [2.75, 3.05) is 11.9 Å². The molecule has 0 saturated carbocycles. The Labute approximate surface area is 159 Å². The van der Waals surface area contributed by atoms with Gasteiger partial charge >= 0.3 is 0 Å². The summed E-state index contributed by atoms with van der Waals surface area (Å²) in [5.41, 5.74) is 3.93. The Morgan fingerprint density at radius 2 is 2.00 bits per heavy atom. The quantitative estimate of drug-likeness (QED) is 0.769. The Kier molecular flexibility index (Phi) is 4.90. The molecule has 6 heteroatoms. The topological polar surface area (TPSA) is 63.1 Å². The summed E-state index contributed by atoms with van der Waals surface area (Å²) in [4.78, 5) is 23.7. The Bertz CT molecular complexity index is 947. The fourth-order valence-corrected chi connectivity index (χ4v) is 3.65. The Balaban J connectivity index is 1.42. The van der Waals surface area contributed by atoms with Gasteiger partial charge in [0, 0.05) is 25.3 Å². The second-order valence-electron chi connectivity index (χ2n) is 7.36. The van der Waals surface area contributed by atoms with Crippen molar-refractivity contribution >= 4 is 22.8 Å². The molecular weight excluding hydrogens is 338 g/mol. The molecule has 1 aromatic carbocycles. The first-order valence-corrected chi connectivity index (χ1v) is 9.52. The zero-order valence-corrected chi connectivity index (χ0v) is 15.9. The summed E-state index contributed by atoms with van der Waals surface area (Å²) in [7, 11) is 1.87. The van der Waals surface area contributed by atoms with E-state index >= 15 is 0 Å². The highest BCUT2D eigenvalue weighted by molar-refractivity contribution is 6.03. The molecule has 1 N–H and O–H groups in total. The zero-order valence-electron chi connectivity index (χ0n) is 15.9. The number of piperidine rings is 1. The number of likely N-dealkylation sites (tertiary alicyclic amines) is 1. The molecule has 1 fully saturated rings.